The van der Waals surface area contributed by atoms with E-state index in [-0.39, 0.29) is 0 Å². The van der Waals surface area contributed by atoms with Crippen LogP contribution in [-0.2, 0) is 0 Å². The molecule has 0 radical (unpaired) electrons. The number of rotatable bonds is 0. The minimum atomic E-state index is 0.664. The third kappa shape index (κ3) is 8.49. The number of aromatic nitrogens is 1. The molecule has 70 valence electrons. The maximum Gasteiger partial charge on any atom is 0.104 e. The number of H-pyrrole nitrogens is 1. The Labute approximate surface area is 97.7 Å². The van der Waals surface area contributed by atoms with Gasteiger partial charge in [-0.05, 0) is 17.1 Å². The van der Waals surface area contributed by atoms with Crippen molar-refractivity contribution in [3.63, 3.8) is 0 Å². The highest BCUT2D eigenvalue weighted by Gasteiger charge is 1.79. The quantitative estimate of drug-likeness (QED) is 0.424. The summed E-state index contributed by atoms with van der Waals surface area (Å²) in [5.74, 6) is 0. The van der Waals surface area contributed by atoms with E-state index in [1.807, 2.05) is 18.8 Å². The third-order valence-corrected chi connectivity index (χ3v) is 1.21. The molecule has 1 rings (SSSR count). The van der Waals surface area contributed by atoms with E-state index >= 15 is 0 Å². The topological polar surface area (TPSA) is 15.8 Å². The molecule has 0 atom stereocenters. The second-order valence-corrected chi connectivity index (χ2v) is 2.25. The summed E-state index contributed by atoms with van der Waals surface area (Å²) in [6.07, 6.45) is 1.71. The highest BCUT2D eigenvalue weighted by Crippen LogP contribution is 2.03. The van der Waals surface area contributed by atoms with Crippen LogP contribution in [0.2, 0.25) is 5.02 Å². The first-order chi connectivity index (χ1) is 5.79. The molecule has 1 N–H and O–H groups in total. The molecule has 0 saturated heterocycles. The number of aromatic amines is 1. The minimum Gasteiger partial charge on any atom is -0.353 e. The molecule has 12 heavy (non-hydrogen) atoms. The van der Waals surface area contributed by atoms with Gasteiger partial charge < -0.3 is 4.98 Å². The van der Waals surface area contributed by atoms with Gasteiger partial charge in [-0.15, -0.1) is 0 Å². The van der Waals surface area contributed by atoms with E-state index in [9.17, 15) is 0 Å². The lowest BCUT2D eigenvalue weighted by molar-refractivity contribution is 1.30. The molecular weight excluding hydrogens is 305 g/mol. The van der Waals surface area contributed by atoms with Gasteiger partial charge in [-0.25, -0.2) is 0 Å². The first-order valence-electron chi connectivity index (χ1n) is 3.51. The van der Waals surface area contributed by atoms with Crippen molar-refractivity contribution in [1.82, 2.24) is 4.98 Å². The van der Waals surface area contributed by atoms with Gasteiger partial charge in [0.25, 0.3) is 0 Å². The van der Waals surface area contributed by atoms with Gasteiger partial charge in [0.05, 0.1) is 0 Å². The molecule has 1 heterocycles. The van der Waals surface area contributed by atoms with E-state index in [1.165, 1.54) is 0 Å². The molecular formula is C8H13ClINS. The molecule has 0 amide bonds. The molecule has 1 nitrogen and oxygen atoms in total. The van der Waals surface area contributed by atoms with Gasteiger partial charge >= 0.3 is 0 Å². The summed E-state index contributed by atoms with van der Waals surface area (Å²) in [5, 5.41) is 0.675. The van der Waals surface area contributed by atoms with Crippen molar-refractivity contribution < 1.29 is 0 Å². The molecule has 0 saturated carbocycles. The molecule has 0 aliphatic carbocycles. The van der Waals surface area contributed by atoms with Gasteiger partial charge in [0.1, 0.15) is 4.64 Å². The molecule has 1 aromatic rings. The van der Waals surface area contributed by atoms with E-state index in [2.05, 4.69) is 27.6 Å². The van der Waals surface area contributed by atoms with Gasteiger partial charge in [0, 0.05) is 11.2 Å². The summed E-state index contributed by atoms with van der Waals surface area (Å²) in [7, 11) is 0. The Morgan fingerprint density at radius 2 is 1.92 bits per heavy atom. The minimum absolute atomic E-state index is 0.664. The summed E-state index contributed by atoms with van der Waals surface area (Å²) in [5.41, 5.74) is 0. The van der Waals surface area contributed by atoms with Gasteiger partial charge in [0.15, 0.2) is 0 Å². The number of hydrogen-bond donors (Lipinski definition) is 1. The summed E-state index contributed by atoms with van der Waals surface area (Å²) in [4.78, 5) is 4.77. The van der Waals surface area contributed by atoms with Crippen molar-refractivity contribution in [3.05, 3.63) is 28.0 Å². The van der Waals surface area contributed by atoms with Crippen molar-refractivity contribution in [2.24, 2.45) is 0 Å². The first-order valence-corrected chi connectivity index (χ1v) is 6.45. The van der Waals surface area contributed by atoms with Crippen LogP contribution in [0.4, 0.5) is 0 Å². The normalized spacial score (nSPS) is 7.08. The maximum atomic E-state index is 5.56. The van der Waals surface area contributed by atoms with Crippen LogP contribution in [0.1, 0.15) is 13.8 Å². The van der Waals surface area contributed by atoms with Gasteiger partial charge in [0.2, 0.25) is 0 Å². The van der Waals surface area contributed by atoms with Crippen LogP contribution in [0.25, 0.3) is 0 Å². The smallest absolute Gasteiger partial charge is 0.104 e. The van der Waals surface area contributed by atoms with Crippen LogP contribution in [0.5, 0.6) is 0 Å². The Hall–Kier alpha value is 0.390. The van der Waals surface area contributed by atoms with Gasteiger partial charge in [-0.3, -0.25) is 0 Å². The van der Waals surface area contributed by atoms with Crippen molar-refractivity contribution in [2.75, 3.05) is 4.93 Å². The number of halogens is 2. The molecule has 4 heteroatoms. The maximum absolute atomic E-state index is 5.56. The zero-order valence-electron chi connectivity index (χ0n) is 7.40. The zero-order valence-corrected chi connectivity index (χ0v) is 11.1. The zero-order chi connectivity index (χ0) is 9.98. The van der Waals surface area contributed by atoms with E-state index < -0.39 is 0 Å². The number of nitrogens with one attached hydrogen (secondary N) is 1. The second-order valence-electron chi connectivity index (χ2n) is 1.37. The van der Waals surface area contributed by atoms with Crippen molar-refractivity contribution in [3.8, 4) is 0 Å². The SMILES string of the molecule is CC.CI.S=c1cc(Cl)cc[nH]1. The van der Waals surface area contributed by atoms with E-state index in [4.69, 9.17) is 23.8 Å². The fraction of sp³-hybridized carbons (Fsp3) is 0.375. The van der Waals surface area contributed by atoms with Crippen molar-refractivity contribution in [2.45, 2.75) is 13.8 Å². The van der Waals surface area contributed by atoms with E-state index in [1.54, 1.807) is 18.3 Å². The number of alkyl halides is 1. The highest BCUT2D eigenvalue weighted by molar-refractivity contribution is 14.1. The van der Waals surface area contributed by atoms with E-state index in [0.717, 1.165) is 0 Å². The van der Waals surface area contributed by atoms with E-state index in [0.29, 0.717) is 9.66 Å². The molecule has 0 unspecified atom stereocenters. The lowest BCUT2D eigenvalue weighted by atomic mass is 10.5. The number of pyridine rings is 1. The monoisotopic (exact) mass is 317 g/mol. The predicted molar refractivity (Wildman–Crippen MR) is 67.9 cm³/mol. The van der Waals surface area contributed by atoms with Crippen LogP contribution in [0.15, 0.2) is 18.3 Å². The Morgan fingerprint density at radius 1 is 1.42 bits per heavy atom. The van der Waals surface area contributed by atoms with Crippen LogP contribution in [0, 0.1) is 4.64 Å². The average Bonchev–Trinajstić information content (AvgIpc) is 2.11. The summed E-state index contributed by atoms with van der Waals surface area (Å²) < 4.78 is 0.664. The van der Waals surface area contributed by atoms with Crippen LogP contribution in [0.3, 0.4) is 0 Å². The predicted octanol–water partition coefficient (Wildman–Crippen LogP) is 4.47. The fourth-order valence-electron chi connectivity index (χ4n) is 0.418. The Kier molecular flexibility index (Phi) is 14.1. The lowest BCUT2D eigenvalue weighted by Gasteiger charge is -1.83. The molecule has 0 aliphatic heterocycles. The Bertz CT molecular complexity index is 236. The molecule has 0 fully saturated rings. The van der Waals surface area contributed by atoms with Crippen LogP contribution in [-0.4, -0.2) is 9.91 Å². The standard InChI is InChI=1S/C5H4ClNS.C2H6.CH3I/c6-4-1-2-7-5(8)3-4;2*1-2/h1-3H,(H,7,8);1-2H3;1H3. The summed E-state index contributed by atoms with van der Waals surface area (Å²) in [6.45, 7) is 4.00. The summed E-state index contributed by atoms with van der Waals surface area (Å²) >= 11 is 12.5. The Morgan fingerprint density at radius 3 is 2.17 bits per heavy atom. The van der Waals surface area contributed by atoms with Gasteiger partial charge in [-0.2, -0.15) is 0 Å². The van der Waals surface area contributed by atoms with Crippen LogP contribution >= 0.6 is 46.4 Å². The highest BCUT2D eigenvalue weighted by atomic mass is 127. The average molecular weight is 318 g/mol. The van der Waals surface area contributed by atoms with Crippen molar-refractivity contribution in [1.29, 1.82) is 0 Å². The lowest BCUT2D eigenvalue weighted by Crippen LogP contribution is -1.68. The largest absolute Gasteiger partial charge is 0.353 e. The Balaban J connectivity index is 0. The van der Waals surface area contributed by atoms with Crippen LogP contribution < -0.4 is 0 Å². The van der Waals surface area contributed by atoms with Gasteiger partial charge in [-0.1, -0.05) is 60.3 Å². The number of hydrogen-bond acceptors (Lipinski definition) is 1. The fourth-order valence-corrected chi connectivity index (χ4v) is 0.850. The molecule has 0 aliphatic rings. The summed E-state index contributed by atoms with van der Waals surface area (Å²) in [6, 6.07) is 3.44. The molecule has 0 spiro atoms. The molecule has 0 aromatic carbocycles. The second kappa shape index (κ2) is 11.4. The third-order valence-electron chi connectivity index (χ3n) is 0.737. The molecule has 0 bridgehead atoms. The first kappa shape index (κ1) is 14.9. The molecule has 1 aromatic heterocycles. The van der Waals surface area contributed by atoms with Crippen molar-refractivity contribution >= 4 is 46.4 Å².